The summed E-state index contributed by atoms with van der Waals surface area (Å²) in [5.41, 5.74) is 6.39. The molecule has 0 saturated carbocycles. The highest BCUT2D eigenvalue weighted by molar-refractivity contribution is 7.99. The van der Waals surface area contributed by atoms with E-state index < -0.39 is 0 Å². The average Bonchev–Trinajstić information content (AvgIpc) is 3.27. The molecule has 4 rings (SSSR count). The molecule has 2 N–H and O–H groups in total. The van der Waals surface area contributed by atoms with Crippen LogP contribution in [-0.2, 0) is 6.54 Å². The van der Waals surface area contributed by atoms with Crippen molar-refractivity contribution in [2.45, 2.75) is 38.4 Å². The van der Waals surface area contributed by atoms with Gasteiger partial charge in [0.2, 0.25) is 0 Å². The fraction of sp³-hybridized carbons (Fsp3) is 0.241. The number of para-hydroxylation sites is 1. The van der Waals surface area contributed by atoms with Crippen molar-refractivity contribution < 1.29 is 4.79 Å². The van der Waals surface area contributed by atoms with E-state index in [1.54, 1.807) is 11.8 Å². The highest BCUT2D eigenvalue weighted by Crippen LogP contribution is 2.36. The number of rotatable bonds is 10. The summed E-state index contributed by atoms with van der Waals surface area (Å²) in [5, 5.41) is 6.91. The first-order valence-electron chi connectivity index (χ1n) is 12.1. The van der Waals surface area contributed by atoms with Crippen molar-refractivity contribution in [1.29, 1.82) is 0 Å². The molecule has 2 amide bonds. The van der Waals surface area contributed by atoms with E-state index in [-0.39, 0.29) is 6.03 Å². The zero-order valence-corrected chi connectivity index (χ0v) is 21.1. The van der Waals surface area contributed by atoms with Crippen LogP contribution in [0.5, 0.6) is 0 Å². The van der Waals surface area contributed by atoms with Crippen molar-refractivity contribution >= 4 is 23.5 Å². The van der Waals surface area contributed by atoms with Crippen molar-refractivity contribution in [3.05, 3.63) is 90.5 Å². The summed E-state index contributed by atoms with van der Waals surface area (Å²) in [6.07, 6.45) is 1.91. The van der Waals surface area contributed by atoms with Gasteiger partial charge in [0, 0.05) is 35.7 Å². The van der Waals surface area contributed by atoms with Gasteiger partial charge in [0.1, 0.15) is 0 Å². The molecule has 1 aromatic heterocycles. The molecule has 0 spiro atoms. The summed E-state index contributed by atoms with van der Waals surface area (Å²) in [6.45, 7) is 5.65. The van der Waals surface area contributed by atoms with Crippen LogP contribution >= 0.6 is 11.8 Å². The zero-order chi connectivity index (χ0) is 24.5. The first-order chi connectivity index (χ1) is 17.2. The summed E-state index contributed by atoms with van der Waals surface area (Å²) in [4.78, 5) is 17.2. The average molecular weight is 485 g/mol. The van der Waals surface area contributed by atoms with E-state index in [1.807, 2.05) is 43.3 Å². The molecule has 5 nitrogen and oxygen atoms in total. The van der Waals surface area contributed by atoms with Crippen LogP contribution in [0.15, 0.2) is 90.1 Å². The minimum absolute atomic E-state index is 0.159. The Morgan fingerprint density at radius 3 is 2.23 bits per heavy atom. The smallest absolute Gasteiger partial charge is 0.319 e. The second kappa shape index (κ2) is 12.3. The number of hydrogen-bond acceptors (Lipinski definition) is 3. The van der Waals surface area contributed by atoms with E-state index in [0.717, 1.165) is 58.5 Å². The number of unbranched alkanes of at least 4 members (excludes halogenated alkanes) is 1. The quantitative estimate of drug-likeness (QED) is 0.184. The van der Waals surface area contributed by atoms with Gasteiger partial charge in [-0.15, -0.1) is 0 Å². The summed E-state index contributed by atoms with van der Waals surface area (Å²) < 4.78 is 2.32. The molecule has 35 heavy (non-hydrogen) atoms. The first kappa shape index (κ1) is 24.6. The maximum absolute atomic E-state index is 12.2. The van der Waals surface area contributed by atoms with Gasteiger partial charge in [-0.25, -0.2) is 9.78 Å². The second-order valence-corrected chi connectivity index (χ2v) is 9.38. The summed E-state index contributed by atoms with van der Waals surface area (Å²) >= 11 is 1.78. The van der Waals surface area contributed by atoms with E-state index in [9.17, 15) is 4.79 Å². The maximum atomic E-state index is 12.2. The van der Waals surface area contributed by atoms with Crippen LogP contribution in [0.1, 0.15) is 25.3 Å². The summed E-state index contributed by atoms with van der Waals surface area (Å²) in [5.74, 6) is 0.945. The molecule has 0 aliphatic carbocycles. The van der Waals surface area contributed by atoms with Crippen LogP contribution < -0.4 is 10.6 Å². The number of hydrogen-bond donors (Lipinski definition) is 2. The minimum Gasteiger partial charge on any atom is -0.338 e. The molecule has 0 atom stereocenters. The van der Waals surface area contributed by atoms with E-state index in [4.69, 9.17) is 4.98 Å². The Hall–Kier alpha value is -3.51. The van der Waals surface area contributed by atoms with Gasteiger partial charge in [-0.3, -0.25) is 0 Å². The molecule has 0 aliphatic heterocycles. The summed E-state index contributed by atoms with van der Waals surface area (Å²) in [7, 11) is 0. The highest BCUT2D eigenvalue weighted by Gasteiger charge is 2.19. The van der Waals surface area contributed by atoms with Gasteiger partial charge in [-0.1, -0.05) is 90.6 Å². The Morgan fingerprint density at radius 1 is 0.886 bits per heavy atom. The Morgan fingerprint density at radius 2 is 1.54 bits per heavy atom. The van der Waals surface area contributed by atoms with Gasteiger partial charge in [0.15, 0.2) is 5.16 Å². The van der Waals surface area contributed by atoms with Crippen molar-refractivity contribution in [2.24, 2.45) is 0 Å². The lowest BCUT2D eigenvalue weighted by atomic mass is 10.0. The van der Waals surface area contributed by atoms with Crippen molar-refractivity contribution in [2.75, 3.05) is 17.6 Å². The minimum atomic E-state index is -0.159. The van der Waals surface area contributed by atoms with Crippen LogP contribution in [0.25, 0.3) is 22.5 Å². The van der Waals surface area contributed by atoms with Gasteiger partial charge in [-0.05, 0) is 38.3 Å². The molecule has 0 bridgehead atoms. The number of amides is 2. The van der Waals surface area contributed by atoms with Crippen LogP contribution in [0.3, 0.4) is 0 Å². The normalized spacial score (nSPS) is 10.8. The first-order valence-corrected chi connectivity index (χ1v) is 13.1. The lowest BCUT2D eigenvalue weighted by Crippen LogP contribution is -2.29. The lowest BCUT2D eigenvalue weighted by Gasteiger charge is -2.11. The van der Waals surface area contributed by atoms with Gasteiger partial charge < -0.3 is 15.2 Å². The molecule has 4 aromatic rings. The number of carbonyl (C=O) groups is 1. The largest absolute Gasteiger partial charge is 0.338 e. The molecular formula is C29H32N4OS. The van der Waals surface area contributed by atoms with Crippen LogP contribution in [0.2, 0.25) is 0 Å². The number of thioether (sulfide) groups is 1. The van der Waals surface area contributed by atoms with Crippen molar-refractivity contribution in [3.63, 3.8) is 0 Å². The number of urea groups is 1. The molecule has 0 saturated heterocycles. The molecule has 180 valence electrons. The van der Waals surface area contributed by atoms with E-state index >= 15 is 0 Å². The number of anilines is 1. The van der Waals surface area contributed by atoms with Crippen LogP contribution in [0.4, 0.5) is 10.5 Å². The van der Waals surface area contributed by atoms with Crippen molar-refractivity contribution in [1.82, 2.24) is 14.9 Å². The van der Waals surface area contributed by atoms with Crippen LogP contribution in [-0.4, -0.2) is 27.9 Å². The van der Waals surface area contributed by atoms with E-state index in [0.29, 0.717) is 6.54 Å². The molecule has 0 fully saturated rings. The number of aryl methyl sites for hydroxylation is 1. The fourth-order valence-electron chi connectivity index (χ4n) is 3.99. The fourth-order valence-corrected chi connectivity index (χ4v) is 5.06. The Balaban J connectivity index is 1.36. The number of nitrogens with one attached hydrogen (secondary N) is 2. The monoisotopic (exact) mass is 484 g/mol. The molecule has 0 radical (unpaired) electrons. The molecule has 3 aromatic carbocycles. The lowest BCUT2D eigenvalue weighted by molar-refractivity contribution is 0.252. The third-order valence-electron chi connectivity index (χ3n) is 5.82. The topological polar surface area (TPSA) is 59.0 Å². The van der Waals surface area contributed by atoms with E-state index in [1.165, 1.54) is 5.56 Å². The number of imidazole rings is 1. The zero-order valence-electron chi connectivity index (χ0n) is 20.3. The third kappa shape index (κ3) is 6.34. The standard InChI is InChI=1S/C29H32N4OS/c1-3-33-27(24-17-8-5-9-18-24)26(23-15-6-4-7-16-23)32-29(33)35-21-13-12-20-30-28(34)31-25-19-11-10-14-22(25)2/h4-11,14-19H,3,12-13,20-21H2,1-2H3,(H2,30,31,34). The SMILES string of the molecule is CCn1c(SCCCCNC(=O)Nc2ccccc2C)nc(-c2ccccc2)c1-c1ccccc1. The Kier molecular flexibility index (Phi) is 8.63. The summed E-state index contributed by atoms with van der Waals surface area (Å²) in [6, 6.07) is 28.5. The number of nitrogens with zero attached hydrogens (tertiary/aromatic N) is 2. The second-order valence-electron chi connectivity index (χ2n) is 8.32. The van der Waals surface area contributed by atoms with Gasteiger partial charge >= 0.3 is 6.03 Å². The van der Waals surface area contributed by atoms with Gasteiger partial charge in [0.25, 0.3) is 0 Å². The van der Waals surface area contributed by atoms with Crippen molar-refractivity contribution in [3.8, 4) is 22.5 Å². The number of aromatic nitrogens is 2. The third-order valence-corrected chi connectivity index (χ3v) is 6.89. The molecule has 1 heterocycles. The molecule has 0 unspecified atom stereocenters. The van der Waals surface area contributed by atoms with Crippen LogP contribution in [0, 0.1) is 6.92 Å². The molecule has 6 heteroatoms. The Bertz CT molecular complexity index is 1240. The predicted octanol–water partition coefficient (Wildman–Crippen LogP) is 7.24. The maximum Gasteiger partial charge on any atom is 0.319 e. The predicted molar refractivity (Wildman–Crippen MR) is 147 cm³/mol. The Labute approximate surface area is 212 Å². The van der Waals surface area contributed by atoms with E-state index in [2.05, 4.69) is 70.7 Å². The number of carbonyl (C=O) groups excluding carboxylic acids is 1. The molecular weight excluding hydrogens is 452 g/mol. The van der Waals surface area contributed by atoms with Gasteiger partial charge in [0.05, 0.1) is 11.4 Å². The highest BCUT2D eigenvalue weighted by atomic mass is 32.2. The molecule has 0 aliphatic rings. The van der Waals surface area contributed by atoms with Gasteiger partial charge in [-0.2, -0.15) is 0 Å². The number of benzene rings is 3.